The van der Waals surface area contributed by atoms with Crippen molar-refractivity contribution >= 4 is 34.7 Å². The van der Waals surface area contributed by atoms with E-state index in [0.29, 0.717) is 28.5 Å². The molecule has 0 saturated carbocycles. The number of halogens is 3. The molecule has 1 amide bonds. The van der Waals surface area contributed by atoms with E-state index in [1.807, 2.05) is 0 Å². The number of nitrogens with zero attached hydrogens (tertiary/aromatic N) is 2. The number of alkyl halides is 3. The third kappa shape index (κ3) is 7.01. The Bertz CT molecular complexity index is 1210. The average molecular weight is 498 g/mol. The predicted octanol–water partition coefficient (Wildman–Crippen LogP) is 3.12. The summed E-state index contributed by atoms with van der Waals surface area (Å²) in [5.74, 6) is -0.824. The number of amides is 1. The number of hydrogen-bond acceptors (Lipinski definition) is 6. The summed E-state index contributed by atoms with van der Waals surface area (Å²) in [7, 11) is 0. The number of ether oxygens (including phenoxy) is 1. The Morgan fingerprint density at radius 2 is 1.91 bits per heavy atom. The molecule has 0 bridgehead atoms. The van der Waals surface area contributed by atoms with Crippen molar-refractivity contribution in [3.05, 3.63) is 46.9 Å². The van der Waals surface area contributed by atoms with E-state index in [2.05, 4.69) is 15.3 Å². The Morgan fingerprint density at radius 1 is 1.18 bits per heavy atom. The van der Waals surface area contributed by atoms with E-state index in [-0.39, 0.29) is 42.1 Å². The van der Waals surface area contributed by atoms with Crippen LogP contribution in [0.2, 0.25) is 0 Å². The number of thioether (sulfide) groups is 1. The lowest BCUT2D eigenvalue weighted by Crippen LogP contribution is -2.25. The Kier molecular flexibility index (Phi) is 8.21. The molecule has 0 radical (unpaired) electrons. The number of aromatic nitrogens is 3. The molecule has 2 heterocycles. The molecule has 0 aliphatic carbocycles. The van der Waals surface area contributed by atoms with Crippen LogP contribution in [-0.4, -0.2) is 56.6 Å². The topological polar surface area (TPSA) is 126 Å². The summed E-state index contributed by atoms with van der Waals surface area (Å²) in [6.45, 7) is -1.37. The van der Waals surface area contributed by atoms with Crippen LogP contribution >= 0.6 is 11.8 Å². The third-order valence-corrected chi connectivity index (χ3v) is 5.51. The second-order valence-electron chi connectivity index (χ2n) is 7.12. The highest BCUT2D eigenvalue weighted by Crippen LogP contribution is 2.24. The van der Waals surface area contributed by atoms with Gasteiger partial charge in [0.1, 0.15) is 11.3 Å². The number of H-pyrrole nitrogens is 1. The maximum absolute atomic E-state index is 13.1. The number of carboxylic acid groups (broad SMARTS) is 1. The number of carboxylic acids is 1. The molecule has 2 aromatic heterocycles. The standard InChI is InChI=1S/C21H21F3N4O5S/c22-21(23,24)12-33-14-5-3-13(4-6-14)28-19(32)18-15(7-9-26-18)27-20(28)34-11-1-2-16(29)25-10-8-17(30)31/h3-7,9,26H,1-2,8,10-12H2,(H,25,29)(H,30,31). The second-order valence-corrected chi connectivity index (χ2v) is 8.18. The minimum Gasteiger partial charge on any atom is -0.484 e. The summed E-state index contributed by atoms with van der Waals surface area (Å²) >= 11 is 1.25. The number of benzene rings is 1. The maximum atomic E-state index is 13.1. The summed E-state index contributed by atoms with van der Waals surface area (Å²) in [6, 6.07) is 7.24. The van der Waals surface area contributed by atoms with Crippen LogP contribution in [0.25, 0.3) is 16.7 Å². The van der Waals surface area contributed by atoms with Crippen LogP contribution in [0, 0.1) is 0 Å². The molecule has 3 N–H and O–H groups in total. The lowest BCUT2D eigenvalue weighted by molar-refractivity contribution is -0.153. The number of aliphatic carboxylic acids is 1. The fourth-order valence-electron chi connectivity index (χ4n) is 2.95. The average Bonchev–Trinajstić information content (AvgIpc) is 3.24. The lowest BCUT2D eigenvalue weighted by atomic mass is 10.3. The van der Waals surface area contributed by atoms with Crippen molar-refractivity contribution in [2.45, 2.75) is 30.6 Å². The van der Waals surface area contributed by atoms with Crippen LogP contribution < -0.4 is 15.6 Å². The monoisotopic (exact) mass is 498 g/mol. The van der Waals surface area contributed by atoms with Crippen LogP contribution in [0.4, 0.5) is 13.2 Å². The van der Waals surface area contributed by atoms with Crippen LogP contribution in [0.1, 0.15) is 19.3 Å². The van der Waals surface area contributed by atoms with Crippen molar-refractivity contribution in [2.24, 2.45) is 0 Å². The van der Waals surface area contributed by atoms with E-state index < -0.39 is 18.8 Å². The Morgan fingerprint density at radius 3 is 2.59 bits per heavy atom. The van der Waals surface area contributed by atoms with E-state index in [9.17, 15) is 27.6 Å². The van der Waals surface area contributed by atoms with Crippen molar-refractivity contribution in [3.8, 4) is 11.4 Å². The summed E-state index contributed by atoms with van der Waals surface area (Å²) in [4.78, 5) is 42.7. The van der Waals surface area contributed by atoms with Gasteiger partial charge in [-0.15, -0.1) is 0 Å². The van der Waals surface area contributed by atoms with Gasteiger partial charge in [0.15, 0.2) is 11.8 Å². The van der Waals surface area contributed by atoms with Gasteiger partial charge < -0.3 is 20.1 Å². The number of fused-ring (bicyclic) bond motifs is 1. The smallest absolute Gasteiger partial charge is 0.422 e. The van der Waals surface area contributed by atoms with E-state index in [1.165, 1.54) is 40.6 Å². The first kappa shape index (κ1) is 25.1. The van der Waals surface area contributed by atoms with Gasteiger partial charge in [0.2, 0.25) is 5.91 Å². The molecule has 0 spiro atoms. The molecule has 0 fully saturated rings. The molecule has 3 rings (SSSR count). The molecule has 13 heteroatoms. The highest BCUT2D eigenvalue weighted by Gasteiger charge is 2.28. The summed E-state index contributed by atoms with van der Waals surface area (Å²) < 4.78 is 43.1. The highest BCUT2D eigenvalue weighted by atomic mass is 32.2. The molecular formula is C21H21F3N4O5S. The SMILES string of the molecule is O=C(O)CCNC(=O)CCCSc1nc2cc[nH]c2c(=O)n1-c1ccc(OCC(F)(F)F)cc1. The van der Waals surface area contributed by atoms with Gasteiger partial charge in [-0.25, -0.2) is 4.98 Å². The zero-order valence-electron chi connectivity index (χ0n) is 17.7. The first-order chi connectivity index (χ1) is 16.1. The molecule has 0 aliphatic heterocycles. The van der Waals surface area contributed by atoms with Gasteiger partial charge in [-0.2, -0.15) is 13.2 Å². The number of aromatic amines is 1. The molecular weight excluding hydrogens is 477 g/mol. The second kappa shape index (κ2) is 11.1. The molecule has 3 aromatic rings. The van der Waals surface area contributed by atoms with Crippen LogP contribution in [0.5, 0.6) is 5.75 Å². The number of nitrogens with one attached hydrogen (secondary N) is 2. The molecule has 0 unspecified atom stereocenters. The normalized spacial score (nSPS) is 11.5. The summed E-state index contributed by atoms with van der Waals surface area (Å²) in [6.07, 6.45) is -2.42. The minimum atomic E-state index is -4.46. The van der Waals surface area contributed by atoms with Gasteiger partial charge in [-0.1, -0.05) is 11.8 Å². The lowest BCUT2D eigenvalue weighted by Gasteiger charge is -2.13. The van der Waals surface area contributed by atoms with Crippen LogP contribution in [0.3, 0.4) is 0 Å². The highest BCUT2D eigenvalue weighted by molar-refractivity contribution is 7.99. The molecule has 0 aliphatic rings. The molecule has 34 heavy (non-hydrogen) atoms. The quantitative estimate of drug-likeness (QED) is 0.211. The summed E-state index contributed by atoms with van der Waals surface area (Å²) in [5, 5.41) is 11.5. The van der Waals surface area contributed by atoms with E-state index in [4.69, 9.17) is 9.84 Å². The number of carbonyl (C=O) groups is 2. The van der Waals surface area contributed by atoms with Gasteiger partial charge in [0.25, 0.3) is 5.56 Å². The van der Waals surface area contributed by atoms with Crippen molar-refractivity contribution in [2.75, 3.05) is 18.9 Å². The van der Waals surface area contributed by atoms with E-state index in [1.54, 1.807) is 12.3 Å². The largest absolute Gasteiger partial charge is 0.484 e. The molecule has 182 valence electrons. The number of hydrogen-bond donors (Lipinski definition) is 3. The Labute approximate surface area is 195 Å². The molecule has 0 atom stereocenters. The fourth-order valence-corrected chi connectivity index (χ4v) is 3.90. The van der Waals surface area contributed by atoms with Crippen molar-refractivity contribution in [3.63, 3.8) is 0 Å². The fraction of sp³-hybridized carbons (Fsp3) is 0.333. The maximum Gasteiger partial charge on any atom is 0.422 e. The number of carbonyl (C=O) groups excluding carboxylic acids is 1. The van der Waals surface area contributed by atoms with Crippen LogP contribution in [-0.2, 0) is 9.59 Å². The minimum absolute atomic E-state index is 0.00569. The third-order valence-electron chi connectivity index (χ3n) is 4.49. The molecule has 1 aromatic carbocycles. The van der Waals surface area contributed by atoms with Crippen molar-refractivity contribution in [1.82, 2.24) is 19.9 Å². The summed E-state index contributed by atoms with van der Waals surface area (Å²) in [5.41, 5.74) is 0.745. The predicted molar refractivity (Wildman–Crippen MR) is 118 cm³/mol. The van der Waals surface area contributed by atoms with Gasteiger partial charge in [0.05, 0.1) is 17.6 Å². The van der Waals surface area contributed by atoms with Gasteiger partial charge in [-0.3, -0.25) is 19.0 Å². The van der Waals surface area contributed by atoms with E-state index in [0.717, 1.165) is 0 Å². The Hall–Kier alpha value is -3.48. The first-order valence-electron chi connectivity index (χ1n) is 10.2. The van der Waals surface area contributed by atoms with Gasteiger partial charge in [0, 0.05) is 24.9 Å². The zero-order chi connectivity index (χ0) is 24.7. The zero-order valence-corrected chi connectivity index (χ0v) is 18.5. The van der Waals surface area contributed by atoms with Crippen LogP contribution in [0.15, 0.2) is 46.5 Å². The number of rotatable bonds is 11. The first-order valence-corrected chi connectivity index (χ1v) is 11.1. The molecule has 9 nitrogen and oxygen atoms in total. The van der Waals surface area contributed by atoms with Crippen molar-refractivity contribution in [1.29, 1.82) is 0 Å². The van der Waals surface area contributed by atoms with Gasteiger partial charge >= 0.3 is 12.1 Å². The van der Waals surface area contributed by atoms with Gasteiger partial charge in [-0.05, 0) is 36.8 Å². The Balaban J connectivity index is 1.72. The van der Waals surface area contributed by atoms with Crippen molar-refractivity contribution < 1.29 is 32.6 Å². The van der Waals surface area contributed by atoms with E-state index >= 15 is 0 Å². The molecule has 0 saturated heterocycles.